The van der Waals surface area contributed by atoms with E-state index in [4.69, 9.17) is 9.47 Å². The van der Waals surface area contributed by atoms with E-state index in [2.05, 4.69) is 9.97 Å². The van der Waals surface area contributed by atoms with Crippen molar-refractivity contribution in [3.63, 3.8) is 0 Å². The molecule has 0 radical (unpaired) electrons. The third-order valence-electron chi connectivity index (χ3n) is 5.23. The van der Waals surface area contributed by atoms with Crippen LogP contribution >= 0.6 is 0 Å². The van der Waals surface area contributed by atoms with Gasteiger partial charge in [0, 0.05) is 18.9 Å². The highest BCUT2D eigenvalue weighted by Crippen LogP contribution is 2.38. The van der Waals surface area contributed by atoms with Crippen molar-refractivity contribution in [3.8, 4) is 11.5 Å². The number of carbonyl (C=O) groups is 1. The average Bonchev–Trinajstić information content (AvgIpc) is 3.02. The number of aryl methyl sites for hydroxylation is 1. The lowest BCUT2D eigenvalue weighted by molar-refractivity contribution is 0.0669. The third kappa shape index (κ3) is 2.70. The van der Waals surface area contributed by atoms with Crippen molar-refractivity contribution in [1.29, 1.82) is 0 Å². The standard InChI is InChI=1S/C20H22N4O3/c1-12-18(24-8-5-7-21-20(24)22-12)19(25)23-9-6-14-10-16(26-3)17(27-4)11-15(14)13(23)2/h5,7-8,10-11,13H,6,9H2,1-4H3/t13-/m0/s1. The first-order valence-electron chi connectivity index (χ1n) is 8.90. The fraction of sp³-hybridized carbons (Fsp3) is 0.350. The van der Waals surface area contributed by atoms with Crippen LogP contribution in [0.2, 0.25) is 0 Å². The van der Waals surface area contributed by atoms with Crippen LogP contribution < -0.4 is 9.47 Å². The molecule has 7 nitrogen and oxygen atoms in total. The Bertz CT molecular complexity index is 1030. The van der Waals surface area contributed by atoms with Gasteiger partial charge >= 0.3 is 0 Å². The largest absolute Gasteiger partial charge is 0.493 e. The Morgan fingerprint density at radius 1 is 1.22 bits per heavy atom. The monoisotopic (exact) mass is 366 g/mol. The number of benzene rings is 1. The van der Waals surface area contributed by atoms with Gasteiger partial charge in [-0.1, -0.05) is 0 Å². The molecule has 4 rings (SSSR count). The molecule has 3 aromatic rings. The highest BCUT2D eigenvalue weighted by molar-refractivity contribution is 5.95. The minimum atomic E-state index is -0.0809. The Kier molecular flexibility index (Phi) is 4.22. The van der Waals surface area contributed by atoms with Crippen LogP contribution in [0, 0.1) is 6.92 Å². The molecule has 0 saturated heterocycles. The van der Waals surface area contributed by atoms with E-state index in [1.807, 2.05) is 37.1 Å². The molecule has 0 bridgehead atoms. The first kappa shape index (κ1) is 17.3. The quantitative estimate of drug-likeness (QED) is 0.713. The predicted octanol–water partition coefficient (Wildman–Crippen LogP) is 2.81. The maximum atomic E-state index is 13.4. The van der Waals surface area contributed by atoms with Gasteiger partial charge in [-0.3, -0.25) is 9.20 Å². The number of nitrogens with zero attached hydrogens (tertiary/aromatic N) is 4. The van der Waals surface area contributed by atoms with E-state index >= 15 is 0 Å². The van der Waals surface area contributed by atoms with Crippen molar-refractivity contribution < 1.29 is 14.3 Å². The number of hydrogen-bond donors (Lipinski definition) is 0. The Morgan fingerprint density at radius 2 is 1.96 bits per heavy atom. The highest BCUT2D eigenvalue weighted by Gasteiger charge is 2.32. The number of carbonyl (C=O) groups excluding carboxylic acids is 1. The Labute approximate surface area is 157 Å². The molecule has 0 unspecified atom stereocenters. The van der Waals surface area contributed by atoms with Gasteiger partial charge in [-0.15, -0.1) is 0 Å². The maximum Gasteiger partial charge on any atom is 0.273 e. The van der Waals surface area contributed by atoms with Crippen molar-refractivity contribution in [2.45, 2.75) is 26.3 Å². The van der Waals surface area contributed by atoms with E-state index in [9.17, 15) is 4.79 Å². The molecule has 0 saturated carbocycles. The zero-order chi connectivity index (χ0) is 19.1. The maximum absolute atomic E-state index is 13.4. The molecule has 140 valence electrons. The third-order valence-corrected chi connectivity index (χ3v) is 5.23. The Morgan fingerprint density at radius 3 is 2.70 bits per heavy atom. The van der Waals surface area contributed by atoms with Gasteiger partial charge in [0.05, 0.1) is 26.0 Å². The molecule has 2 aromatic heterocycles. The van der Waals surface area contributed by atoms with E-state index in [1.165, 1.54) is 5.56 Å². The average molecular weight is 366 g/mol. The second-order valence-corrected chi connectivity index (χ2v) is 6.67. The van der Waals surface area contributed by atoms with E-state index in [0.29, 0.717) is 35.2 Å². The molecule has 3 heterocycles. The molecule has 0 fully saturated rings. The fourth-order valence-corrected chi connectivity index (χ4v) is 3.81. The Hall–Kier alpha value is -3.09. The number of rotatable bonds is 3. The Balaban J connectivity index is 1.74. The summed E-state index contributed by atoms with van der Waals surface area (Å²) in [6.45, 7) is 4.52. The van der Waals surface area contributed by atoms with Gasteiger partial charge in [-0.2, -0.15) is 0 Å². The zero-order valence-electron chi connectivity index (χ0n) is 15.9. The minimum Gasteiger partial charge on any atom is -0.493 e. The number of aromatic nitrogens is 3. The molecule has 0 aliphatic carbocycles. The number of hydrogen-bond acceptors (Lipinski definition) is 5. The lowest BCUT2D eigenvalue weighted by Crippen LogP contribution is -2.39. The van der Waals surface area contributed by atoms with Crippen LogP contribution in [0.25, 0.3) is 5.78 Å². The van der Waals surface area contributed by atoms with Crippen LogP contribution in [-0.4, -0.2) is 45.9 Å². The summed E-state index contributed by atoms with van der Waals surface area (Å²) in [6.07, 6.45) is 4.27. The van der Waals surface area contributed by atoms with Crippen LogP contribution in [-0.2, 0) is 6.42 Å². The van der Waals surface area contributed by atoms with E-state index in [-0.39, 0.29) is 11.9 Å². The summed E-state index contributed by atoms with van der Waals surface area (Å²) >= 11 is 0. The van der Waals surface area contributed by atoms with Crippen LogP contribution in [0.3, 0.4) is 0 Å². The fourth-order valence-electron chi connectivity index (χ4n) is 3.81. The summed E-state index contributed by atoms with van der Waals surface area (Å²) in [4.78, 5) is 23.9. The van der Waals surface area contributed by atoms with E-state index in [1.54, 1.807) is 30.9 Å². The van der Waals surface area contributed by atoms with Gasteiger partial charge in [-0.05, 0) is 49.6 Å². The van der Waals surface area contributed by atoms with Gasteiger partial charge in [0.2, 0.25) is 5.78 Å². The molecule has 1 amide bonds. The minimum absolute atomic E-state index is 0.0408. The summed E-state index contributed by atoms with van der Waals surface area (Å²) in [6, 6.07) is 5.70. The molecule has 1 aliphatic rings. The molecule has 0 N–H and O–H groups in total. The van der Waals surface area contributed by atoms with Gasteiger partial charge in [-0.25, -0.2) is 9.97 Å². The molecular weight excluding hydrogens is 344 g/mol. The second kappa shape index (κ2) is 6.57. The van der Waals surface area contributed by atoms with E-state index < -0.39 is 0 Å². The number of fused-ring (bicyclic) bond motifs is 2. The van der Waals surface area contributed by atoms with Crippen molar-refractivity contribution in [2.24, 2.45) is 0 Å². The van der Waals surface area contributed by atoms with Gasteiger partial charge in [0.25, 0.3) is 5.91 Å². The summed E-state index contributed by atoms with van der Waals surface area (Å²) in [5.74, 6) is 1.88. The summed E-state index contributed by atoms with van der Waals surface area (Å²) in [5.41, 5.74) is 3.51. The molecule has 7 heteroatoms. The van der Waals surface area contributed by atoms with Crippen LogP contribution in [0.5, 0.6) is 11.5 Å². The zero-order valence-corrected chi connectivity index (χ0v) is 15.9. The van der Waals surface area contributed by atoms with Crippen LogP contribution in [0.4, 0.5) is 0 Å². The van der Waals surface area contributed by atoms with Gasteiger partial charge < -0.3 is 14.4 Å². The van der Waals surface area contributed by atoms with Crippen LogP contribution in [0.1, 0.15) is 40.3 Å². The van der Waals surface area contributed by atoms with Gasteiger partial charge in [0.15, 0.2) is 11.5 Å². The normalized spacial score (nSPS) is 16.3. The molecule has 0 spiro atoms. The van der Waals surface area contributed by atoms with Crippen molar-refractivity contribution >= 4 is 11.7 Å². The topological polar surface area (TPSA) is 69.0 Å². The van der Waals surface area contributed by atoms with Crippen molar-refractivity contribution in [1.82, 2.24) is 19.3 Å². The molecule has 1 atom stereocenters. The molecule has 1 aliphatic heterocycles. The number of ether oxygens (including phenoxy) is 2. The summed E-state index contributed by atoms with van der Waals surface area (Å²) in [7, 11) is 3.25. The molecular formula is C20H22N4O3. The summed E-state index contributed by atoms with van der Waals surface area (Å²) < 4.78 is 12.6. The first-order valence-corrected chi connectivity index (χ1v) is 8.90. The van der Waals surface area contributed by atoms with Gasteiger partial charge in [0.1, 0.15) is 5.69 Å². The first-order chi connectivity index (χ1) is 13.0. The predicted molar refractivity (Wildman–Crippen MR) is 100 cm³/mol. The van der Waals surface area contributed by atoms with Crippen molar-refractivity contribution in [2.75, 3.05) is 20.8 Å². The summed E-state index contributed by atoms with van der Waals surface area (Å²) in [5, 5.41) is 0. The van der Waals surface area contributed by atoms with Crippen LogP contribution in [0.15, 0.2) is 30.6 Å². The SMILES string of the molecule is COc1cc2c(cc1OC)[C@H](C)N(C(=O)c1c(C)nc3ncccn13)CC2. The van der Waals surface area contributed by atoms with Crippen molar-refractivity contribution in [3.05, 3.63) is 53.1 Å². The number of methoxy groups -OCH3 is 2. The number of imidazole rings is 1. The molecule has 27 heavy (non-hydrogen) atoms. The van der Waals surface area contributed by atoms with E-state index in [0.717, 1.165) is 12.0 Å². The smallest absolute Gasteiger partial charge is 0.273 e. The highest BCUT2D eigenvalue weighted by atomic mass is 16.5. The molecule has 1 aromatic carbocycles. The second-order valence-electron chi connectivity index (χ2n) is 6.67. The lowest BCUT2D eigenvalue weighted by atomic mass is 9.92. The number of amides is 1. The lowest BCUT2D eigenvalue weighted by Gasteiger charge is -2.35.